The van der Waals surface area contributed by atoms with E-state index >= 15 is 0 Å². The molecule has 1 fully saturated rings. The smallest absolute Gasteiger partial charge is 0.0807 e. The largest absolute Gasteiger partial charge is 0.395 e. The zero-order valence-corrected chi connectivity index (χ0v) is 11.8. The van der Waals surface area contributed by atoms with Crippen molar-refractivity contribution in [2.75, 3.05) is 18.1 Å². The summed E-state index contributed by atoms with van der Waals surface area (Å²) in [6.45, 7) is 2.80. The van der Waals surface area contributed by atoms with Crippen molar-refractivity contribution >= 4 is 5.69 Å². The monoisotopic (exact) mass is 263 g/mol. The van der Waals surface area contributed by atoms with Gasteiger partial charge in [0.1, 0.15) is 0 Å². The Bertz CT molecular complexity index is 388. The van der Waals surface area contributed by atoms with E-state index in [0.717, 1.165) is 11.3 Å². The fraction of sp³-hybridized carbons (Fsp3) is 0.625. The zero-order valence-electron chi connectivity index (χ0n) is 11.8. The average Bonchev–Trinajstić information content (AvgIpc) is 2.98. The SMILES string of the molecule is CC[C@H](O)c1ccccc1N(CCO)C1CCCC1. The van der Waals surface area contributed by atoms with Gasteiger partial charge in [0.05, 0.1) is 12.7 Å². The van der Waals surface area contributed by atoms with Crippen LogP contribution in [0.1, 0.15) is 50.7 Å². The fourth-order valence-electron chi connectivity index (χ4n) is 3.07. The van der Waals surface area contributed by atoms with Gasteiger partial charge in [-0.05, 0) is 25.3 Å². The standard InChI is InChI=1S/C16H25NO2/c1-2-16(19)14-9-5-6-10-15(14)17(11-12-18)13-7-3-4-8-13/h5-6,9-10,13,16,18-19H,2-4,7-8,11-12H2,1H3/t16-/m0/s1. The lowest BCUT2D eigenvalue weighted by Gasteiger charge is -2.33. The van der Waals surface area contributed by atoms with Crippen molar-refractivity contribution in [3.63, 3.8) is 0 Å². The molecule has 0 spiro atoms. The molecule has 1 aromatic carbocycles. The second-order valence-corrected chi connectivity index (χ2v) is 5.34. The Morgan fingerprint density at radius 1 is 1.26 bits per heavy atom. The van der Waals surface area contributed by atoms with E-state index in [-0.39, 0.29) is 6.61 Å². The van der Waals surface area contributed by atoms with Crippen LogP contribution in [-0.2, 0) is 0 Å². The molecule has 0 heterocycles. The molecule has 0 saturated heterocycles. The summed E-state index contributed by atoms with van der Waals surface area (Å²) in [5.41, 5.74) is 2.09. The number of para-hydroxylation sites is 1. The van der Waals surface area contributed by atoms with Crippen LogP contribution in [0.5, 0.6) is 0 Å². The van der Waals surface area contributed by atoms with Crippen LogP contribution in [0, 0.1) is 0 Å². The molecular weight excluding hydrogens is 238 g/mol. The Morgan fingerprint density at radius 2 is 1.95 bits per heavy atom. The summed E-state index contributed by atoms with van der Waals surface area (Å²) in [5, 5.41) is 19.5. The Kier molecular flexibility index (Phi) is 5.23. The summed E-state index contributed by atoms with van der Waals surface area (Å²) >= 11 is 0. The van der Waals surface area contributed by atoms with Gasteiger partial charge in [-0.15, -0.1) is 0 Å². The van der Waals surface area contributed by atoms with E-state index < -0.39 is 6.10 Å². The molecule has 1 aliphatic rings. The first-order valence-corrected chi connectivity index (χ1v) is 7.42. The lowest BCUT2D eigenvalue weighted by atomic mass is 10.0. The average molecular weight is 263 g/mol. The van der Waals surface area contributed by atoms with Crippen molar-refractivity contribution in [3.8, 4) is 0 Å². The van der Waals surface area contributed by atoms with E-state index in [0.29, 0.717) is 19.0 Å². The predicted molar refractivity (Wildman–Crippen MR) is 78.4 cm³/mol. The van der Waals surface area contributed by atoms with Crippen LogP contribution in [0.4, 0.5) is 5.69 Å². The second kappa shape index (κ2) is 6.92. The Hall–Kier alpha value is -1.06. The molecule has 1 aromatic rings. The van der Waals surface area contributed by atoms with Gasteiger partial charge >= 0.3 is 0 Å². The molecule has 0 radical (unpaired) electrons. The molecule has 0 aliphatic heterocycles. The third-order valence-corrected chi connectivity index (χ3v) is 4.10. The Labute approximate surface area is 115 Å². The number of hydrogen-bond donors (Lipinski definition) is 2. The van der Waals surface area contributed by atoms with Crippen molar-refractivity contribution in [3.05, 3.63) is 29.8 Å². The van der Waals surface area contributed by atoms with Crippen molar-refractivity contribution in [2.24, 2.45) is 0 Å². The van der Waals surface area contributed by atoms with Gasteiger partial charge in [-0.2, -0.15) is 0 Å². The minimum Gasteiger partial charge on any atom is -0.395 e. The lowest BCUT2D eigenvalue weighted by Crippen LogP contribution is -2.36. The highest BCUT2D eigenvalue weighted by atomic mass is 16.3. The van der Waals surface area contributed by atoms with Crippen molar-refractivity contribution < 1.29 is 10.2 Å². The second-order valence-electron chi connectivity index (χ2n) is 5.34. The Morgan fingerprint density at radius 3 is 2.58 bits per heavy atom. The summed E-state index contributed by atoms with van der Waals surface area (Å²) in [6.07, 6.45) is 5.22. The van der Waals surface area contributed by atoms with Crippen molar-refractivity contribution in [2.45, 2.75) is 51.2 Å². The number of benzene rings is 1. The molecule has 0 aromatic heterocycles. The van der Waals surface area contributed by atoms with Crippen LogP contribution < -0.4 is 4.90 Å². The highest BCUT2D eigenvalue weighted by Gasteiger charge is 2.25. The van der Waals surface area contributed by atoms with Gasteiger partial charge in [-0.3, -0.25) is 0 Å². The van der Waals surface area contributed by atoms with Crippen LogP contribution in [0.15, 0.2) is 24.3 Å². The summed E-state index contributed by atoms with van der Waals surface area (Å²) < 4.78 is 0. The number of hydrogen-bond acceptors (Lipinski definition) is 3. The van der Waals surface area contributed by atoms with Crippen LogP contribution in [0.3, 0.4) is 0 Å². The predicted octanol–water partition coefficient (Wildman–Crippen LogP) is 2.87. The van der Waals surface area contributed by atoms with Gasteiger partial charge in [0.15, 0.2) is 0 Å². The van der Waals surface area contributed by atoms with E-state index in [1.165, 1.54) is 25.7 Å². The number of anilines is 1. The molecule has 19 heavy (non-hydrogen) atoms. The third-order valence-electron chi connectivity index (χ3n) is 4.10. The van der Waals surface area contributed by atoms with Gasteiger partial charge in [-0.25, -0.2) is 0 Å². The van der Waals surface area contributed by atoms with E-state index in [4.69, 9.17) is 0 Å². The van der Waals surface area contributed by atoms with Crippen LogP contribution >= 0.6 is 0 Å². The van der Waals surface area contributed by atoms with Gasteiger partial charge in [0.2, 0.25) is 0 Å². The number of nitrogens with zero attached hydrogens (tertiary/aromatic N) is 1. The molecule has 3 heteroatoms. The first-order chi connectivity index (χ1) is 9.27. The third kappa shape index (κ3) is 3.28. The van der Waals surface area contributed by atoms with Crippen molar-refractivity contribution in [1.82, 2.24) is 0 Å². The molecule has 2 N–H and O–H groups in total. The molecule has 0 unspecified atom stereocenters. The first-order valence-electron chi connectivity index (χ1n) is 7.42. The van der Waals surface area contributed by atoms with Gasteiger partial charge in [0.25, 0.3) is 0 Å². The van der Waals surface area contributed by atoms with E-state index in [2.05, 4.69) is 11.0 Å². The quantitative estimate of drug-likeness (QED) is 0.829. The summed E-state index contributed by atoms with van der Waals surface area (Å²) in [4.78, 5) is 2.29. The number of rotatable bonds is 6. The molecule has 3 nitrogen and oxygen atoms in total. The summed E-state index contributed by atoms with van der Waals surface area (Å²) in [5.74, 6) is 0. The maximum absolute atomic E-state index is 10.2. The molecule has 1 aliphatic carbocycles. The zero-order chi connectivity index (χ0) is 13.7. The molecular formula is C16H25NO2. The van der Waals surface area contributed by atoms with Gasteiger partial charge < -0.3 is 15.1 Å². The molecule has 106 valence electrons. The number of aliphatic hydroxyl groups is 2. The lowest BCUT2D eigenvalue weighted by molar-refractivity contribution is 0.173. The minimum absolute atomic E-state index is 0.160. The topological polar surface area (TPSA) is 43.7 Å². The van der Waals surface area contributed by atoms with Gasteiger partial charge in [-0.1, -0.05) is 38.0 Å². The van der Waals surface area contributed by atoms with E-state index in [1.807, 2.05) is 25.1 Å². The van der Waals surface area contributed by atoms with Crippen molar-refractivity contribution in [1.29, 1.82) is 0 Å². The van der Waals surface area contributed by atoms with Crippen LogP contribution in [0.2, 0.25) is 0 Å². The Balaban J connectivity index is 2.29. The minimum atomic E-state index is -0.418. The maximum atomic E-state index is 10.2. The molecule has 2 rings (SSSR count). The molecule has 1 atom stereocenters. The first kappa shape index (κ1) is 14.4. The van der Waals surface area contributed by atoms with Crippen LogP contribution in [0.25, 0.3) is 0 Å². The maximum Gasteiger partial charge on any atom is 0.0807 e. The highest BCUT2D eigenvalue weighted by molar-refractivity contribution is 5.55. The summed E-state index contributed by atoms with van der Waals surface area (Å²) in [7, 11) is 0. The fourth-order valence-corrected chi connectivity index (χ4v) is 3.07. The molecule has 0 amide bonds. The van der Waals surface area contributed by atoms with Crippen LogP contribution in [-0.4, -0.2) is 29.4 Å². The van der Waals surface area contributed by atoms with E-state index in [9.17, 15) is 10.2 Å². The number of aliphatic hydroxyl groups excluding tert-OH is 2. The molecule has 0 bridgehead atoms. The molecule has 1 saturated carbocycles. The van der Waals surface area contributed by atoms with Gasteiger partial charge in [0, 0.05) is 23.8 Å². The summed E-state index contributed by atoms with van der Waals surface area (Å²) in [6, 6.07) is 8.58. The van der Waals surface area contributed by atoms with E-state index in [1.54, 1.807) is 0 Å². The normalized spacial score (nSPS) is 17.6. The highest BCUT2D eigenvalue weighted by Crippen LogP contribution is 2.33.